The molecule has 0 atom stereocenters. The van der Waals surface area contributed by atoms with Crippen LogP contribution in [0, 0.1) is 6.92 Å². The van der Waals surface area contributed by atoms with Crippen LogP contribution in [0.2, 0.25) is 5.02 Å². The quantitative estimate of drug-likeness (QED) is 0.408. The number of anilines is 1. The van der Waals surface area contributed by atoms with Crippen molar-refractivity contribution in [2.75, 3.05) is 24.2 Å². The monoisotopic (exact) mass is 488 g/mol. The van der Waals surface area contributed by atoms with E-state index in [4.69, 9.17) is 11.6 Å². The van der Waals surface area contributed by atoms with Gasteiger partial charge >= 0.3 is 0 Å². The summed E-state index contributed by atoms with van der Waals surface area (Å²) in [5, 5.41) is 0.617. The number of aryl methyl sites for hydroxylation is 1. The molecule has 0 spiro atoms. The fraction of sp³-hybridized carbons (Fsp3) is 0.208. The van der Waals surface area contributed by atoms with Crippen molar-refractivity contribution in [3.63, 3.8) is 0 Å². The number of nitrogens with zero attached hydrogens (tertiary/aromatic N) is 2. The highest BCUT2D eigenvalue weighted by molar-refractivity contribution is 7.98. The van der Waals surface area contributed by atoms with Crippen LogP contribution in [0.4, 0.5) is 5.69 Å². The van der Waals surface area contributed by atoms with Gasteiger partial charge in [0.05, 0.1) is 10.6 Å². The second-order valence-electron chi connectivity index (χ2n) is 7.40. The Morgan fingerprint density at radius 3 is 2.09 bits per heavy atom. The van der Waals surface area contributed by atoms with Crippen LogP contribution in [0.3, 0.4) is 0 Å². The number of hydrogen-bond acceptors (Lipinski definition) is 4. The molecule has 0 heterocycles. The van der Waals surface area contributed by atoms with E-state index < -0.39 is 10.0 Å². The molecule has 0 aromatic heterocycles. The minimum Gasteiger partial charge on any atom is -0.340 e. The van der Waals surface area contributed by atoms with Crippen molar-refractivity contribution in [2.45, 2.75) is 23.3 Å². The average molecular weight is 489 g/mol. The number of likely N-dealkylation sites (N-methyl/N-ethyl adjacent to an activating group) is 1. The number of thioether (sulfide) groups is 1. The third kappa shape index (κ3) is 5.85. The third-order valence-corrected chi connectivity index (χ3v) is 7.79. The Kier molecular flexibility index (Phi) is 7.87. The van der Waals surface area contributed by atoms with Crippen molar-refractivity contribution < 1.29 is 13.2 Å². The first-order valence-electron chi connectivity index (χ1n) is 9.92. The molecule has 0 bridgehead atoms. The molecule has 3 aromatic rings. The summed E-state index contributed by atoms with van der Waals surface area (Å²) in [4.78, 5) is 15.6. The lowest BCUT2D eigenvalue weighted by Crippen LogP contribution is -2.41. The number of hydrogen-bond donors (Lipinski definition) is 0. The minimum atomic E-state index is -3.94. The zero-order valence-corrected chi connectivity index (χ0v) is 20.5. The lowest BCUT2D eigenvalue weighted by atomic mass is 10.2. The van der Waals surface area contributed by atoms with E-state index in [-0.39, 0.29) is 17.3 Å². The summed E-state index contributed by atoms with van der Waals surface area (Å²) in [5.41, 5.74) is 2.35. The number of amides is 1. The van der Waals surface area contributed by atoms with Crippen molar-refractivity contribution in [3.05, 3.63) is 88.9 Å². The van der Waals surface area contributed by atoms with Gasteiger partial charge in [0.15, 0.2) is 0 Å². The highest BCUT2D eigenvalue weighted by Crippen LogP contribution is 2.26. The van der Waals surface area contributed by atoms with Gasteiger partial charge in [0.25, 0.3) is 10.0 Å². The Hall–Kier alpha value is -2.48. The predicted octanol–water partition coefficient (Wildman–Crippen LogP) is 5.22. The van der Waals surface area contributed by atoms with Crippen molar-refractivity contribution in [2.24, 2.45) is 0 Å². The molecule has 0 aliphatic rings. The summed E-state index contributed by atoms with van der Waals surface area (Å²) in [6, 6.07) is 21.0. The SMILES string of the molecule is CSc1ccc(S(=O)(=O)N(CC(=O)N(C)Cc2ccc(Cl)cc2)c2ccc(C)cc2)cc1. The van der Waals surface area contributed by atoms with Gasteiger partial charge in [0, 0.05) is 23.5 Å². The Balaban J connectivity index is 1.89. The second-order valence-corrected chi connectivity index (χ2v) is 10.6. The van der Waals surface area contributed by atoms with Crippen LogP contribution >= 0.6 is 23.4 Å². The Morgan fingerprint density at radius 1 is 0.938 bits per heavy atom. The molecule has 5 nitrogen and oxygen atoms in total. The highest BCUT2D eigenvalue weighted by atomic mass is 35.5. The summed E-state index contributed by atoms with van der Waals surface area (Å²) in [6.45, 7) is 1.97. The molecule has 3 rings (SSSR count). The van der Waals surface area contributed by atoms with E-state index in [1.807, 2.05) is 37.4 Å². The molecule has 0 unspecified atom stereocenters. The molecule has 8 heteroatoms. The van der Waals surface area contributed by atoms with Gasteiger partial charge in [-0.15, -0.1) is 11.8 Å². The molecule has 0 radical (unpaired) electrons. The molecule has 1 amide bonds. The molecule has 0 aliphatic carbocycles. The van der Waals surface area contributed by atoms with Crippen molar-refractivity contribution >= 4 is 45.0 Å². The maximum atomic E-state index is 13.5. The van der Waals surface area contributed by atoms with Gasteiger partial charge in [-0.2, -0.15) is 0 Å². The number of carbonyl (C=O) groups excluding carboxylic acids is 1. The minimum absolute atomic E-state index is 0.143. The first-order valence-corrected chi connectivity index (χ1v) is 13.0. The molecule has 168 valence electrons. The first kappa shape index (κ1) is 24.2. The van der Waals surface area contributed by atoms with Gasteiger partial charge in [0.1, 0.15) is 6.54 Å². The second kappa shape index (κ2) is 10.4. The van der Waals surface area contributed by atoms with Crippen molar-refractivity contribution in [3.8, 4) is 0 Å². The van der Waals surface area contributed by atoms with Gasteiger partial charge in [-0.3, -0.25) is 9.10 Å². The van der Waals surface area contributed by atoms with Gasteiger partial charge in [0.2, 0.25) is 5.91 Å². The largest absolute Gasteiger partial charge is 0.340 e. The van der Waals surface area contributed by atoms with Gasteiger partial charge in [-0.1, -0.05) is 41.4 Å². The molecule has 32 heavy (non-hydrogen) atoms. The Morgan fingerprint density at radius 2 is 1.53 bits per heavy atom. The van der Waals surface area contributed by atoms with E-state index in [0.717, 1.165) is 16.0 Å². The van der Waals surface area contributed by atoms with Crippen LogP contribution in [0.5, 0.6) is 0 Å². The Labute approximate surface area is 199 Å². The summed E-state index contributed by atoms with van der Waals surface area (Å²) >= 11 is 7.46. The number of rotatable bonds is 8. The fourth-order valence-corrected chi connectivity index (χ4v) is 5.04. The lowest BCUT2D eigenvalue weighted by molar-refractivity contribution is -0.128. The van der Waals surface area contributed by atoms with Crippen LogP contribution in [-0.4, -0.2) is 39.1 Å². The zero-order chi connectivity index (χ0) is 23.3. The van der Waals surface area contributed by atoms with Gasteiger partial charge in [-0.05, 0) is 67.3 Å². The molecule has 0 saturated carbocycles. The van der Waals surface area contributed by atoms with Crippen LogP contribution in [-0.2, 0) is 21.4 Å². The summed E-state index contributed by atoms with van der Waals surface area (Å²) in [7, 11) is -2.28. The fourth-order valence-electron chi connectivity index (χ4n) is 3.10. The number of benzene rings is 3. The lowest BCUT2D eigenvalue weighted by Gasteiger charge is -2.27. The van der Waals surface area contributed by atoms with Crippen LogP contribution in [0.15, 0.2) is 82.6 Å². The summed E-state index contributed by atoms with van der Waals surface area (Å²) in [5.74, 6) is -0.315. The smallest absolute Gasteiger partial charge is 0.264 e. The van der Waals surface area contributed by atoms with Crippen molar-refractivity contribution in [1.29, 1.82) is 0 Å². The number of sulfonamides is 1. The third-order valence-electron chi connectivity index (χ3n) is 5.01. The molecule has 0 aliphatic heterocycles. The number of carbonyl (C=O) groups is 1. The highest BCUT2D eigenvalue weighted by Gasteiger charge is 2.28. The molecule has 0 fully saturated rings. The standard InChI is InChI=1S/C24H25ClN2O3S2/c1-18-4-10-21(11-5-18)27(32(29,30)23-14-12-22(31-3)13-15-23)17-24(28)26(2)16-19-6-8-20(25)9-7-19/h4-15H,16-17H2,1-3H3. The predicted molar refractivity (Wildman–Crippen MR) is 132 cm³/mol. The van der Waals surface area contributed by atoms with Crippen LogP contribution < -0.4 is 4.31 Å². The maximum Gasteiger partial charge on any atom is 0.264 e. The van der Waals surface area contributed by atoms with E-state index in [9.17, 15) is 13.2 Å². The number of halogens is 1. The molecule has 3 aromatic carbocycles. The maximum absolute atomic E-state index is 13.5. The first-order chi connectivity index (χ1) is 15.2. The van der Waals surface area contributed by atoms with Crippen molar-refractivity contribution in [1.82, 2.24) is 4.90 Å². The van der Waals surface area contributed by atoms with E-state index in [1.54, 1.807) is 55.6 Å². The van der Waals surface area contributed by atoms with Gasteiger partial charge < -0.3 is 4.90 Å². The molecular formula is C24H25ClN2O3S2. The Bertz CT molecular complexity index is 1160. The van der Waals surface area contributed by atoms with E-state index in [0.29, 0.717) is 17.3 Å². The topological polar surface area (TPSA) is 57.7 Å². The van der Waals surface area contributed by atoms with E-state index in [2.05, 4.69) is 0 Å². The zero-order valence-electron chi connectivity index (χ0n) is 18.2. The van der Waals surface area contributed by atoms with E-state index in [1.165, 1.54) is 21.0 Å². The van der Waals surface area contributed by atoms with Crippen LogP contribution in [0.25, 0.3) is 0 Å². The summed E-state index contributed by atoms with van der Waals surface area (Å²) in [6.07, 6.45) is 1.93. The molecule has 0 saturated heterocycles. The summed E-state index contributed by atoms with van der Waals surface area (Å²) < 4.78 is 28.2. The molecular weight excluding hydrogens is 464 g/mol. The van der Waals surface area contributed by atoms with Gasteiger partial charge in [-0.25, -0.2) is 8.42 Å². The molecule has 0 N–H and O–H groups in total. The van der Waals surface area contributed by atoms with E-state index >= 15 is 0 Å². The van der Waals surface area contributed by atoms with Crippen LogP contribution in [0.1, 0.15) is 11.1 Å². The normalized spacial score (nSPS) is 11.2. The average Bonchev–Trinajstić information content (AvgIpc) is 2.79.